The van der Waals surface area contributed by atoms with Gasteiger partial charge in [0.1, 0.15) is 5.82 Å². The van der Waals surface area contributed by atoms with Gasteiger partial charge in [0.25, 0.3) is 0 Å². The summed E-state index contributed by atoms with van der Waals surface area (Å²) < 4.78 is 8.91. The Hall–Kier alpha value is -1.40. The standard InChI is InChI=1S/C15H19BrN4O/c1-11-7-12(2)20(18-11)10-14-9-19(5-6-21-14)15-4-3-13(16)8-17-15/h3-4,7-8,14H,5-6,9-10H2,1-2H3. The number of hydrogen-bond acceptors (Lipinski definition) is 4. The van der Waals surface area contributed by atoms with Crippen molar-refractivity contribution >= 4 is 21.7 Å². The van der Waals surface area contributed by atoms with Gasteiger partial charge in [-0.05, 0) is 48.0 Å². The molecule has 1 fully saturated rings. The second kappa shape index (κ2) is 6.15. The van der Waals surface area contributed by atoms with Crippen molar-refractivity contribution in [3.05, 3.63) is 40.3 Å². The zero-order chi connectivity index (χ0) is 14.8. The van der Waals surface area contributed by atoms with Crippen LogP contribution in [0.5, 0.6) is 0 Å². The smallest absolute Gasteiger partial charge is 0.128 e. The molecule has 2 aromatic rings. The van der Waals surface area contributed by atoms with E-state index in [2.05, 4.69) is 43.9 Å². The van der Waals surface area contributed by atoms with E-state index in [1.807, 2.05) is 29.9 Å². The number of halogens is 1. The molecule has 2 aromatic heterocycles. The molecule has 1 saturated heterocycles. The lowest BCUT2D eigenvalue weighted by molar-refractivity contribution is 0.0267. The molecule has 1 aliphatic rings. The highest BCUT2D eigenvalue weighted by molar-refractivity contribution is 9.10. The highest BCUT2D eigenvalue weighted by Gasteiger charge is 2.22. The van der Waals surface area contributed by atoms with Crippen LogP contribution in [0.3, 0.4) is 0 Å². The fourth-order valence-electron chi connectivity index (χ4n) is 2.65. The third-order valence-electron chi connectivity index (χ3n) is 3.65. The Labute approximate surface area is 133 Å². The predicted octanol–water partition coefficient (Wildman–Crippen LogP) is 2.56. The first-order chi connectivity index (χ1) is 10.1. The summed E-state index contributed by atoms with van der Waals surface area (Å²) >= 11 is 3.42. The monoisotopic (exact) mass is 350 g/mol. The van der Waals surface area contributed by atoms with Gasteiger partial charge in [-0.1, -0.05) is 0 Å². The Bertz CT molecular complexity index is 611. The lowest BCUT2D eigenvalue weighted by atomic mass is 10.2. The van der Waals surface area contributed by atoms with E-state index in [9.17, 15) is 0 Å². The van der Waals surface area contributed by atoms with Crippen molar-refractivity contribution in [1.82, 2.24) is 14.8 Å². The molecule has 21 heavy (non-hydrogen) atoms. The fourth-order valence-corrected chi connectivity index (χ4v) is 2.88. The molecule has 3 heterocycles. The van der Waals surface area contributed by atoms with Crippen LogP contribution in [0, 0.1) is 13.8 Å². The lowest BCUT2D eigenvalue weighted by Crippen LogP contribution is -2.44. The van der Waals surface area contributed by atoms with E-state index in [-0.39, 0.29) is 6.10 Å². The molecule has 1 aliphatic heterocycles. The van der Waals surface area contributed by atoms with Crippen LogP contribution in [0.1, 0.15) is 11.4 Å². The molecule has 0 aromatic carbocycles. The van der Waals surface area contributed by atoms with Gasteiger partial charge in [0.05, 0.1) is 24.9 Å². The molecule has 0 N–H and O–H groups in total. The number of anilines is 1. The van der Waals surface area contributed by atoms with Gasteiger partial charge < -0.3 is 9.64 Å². The van der Waals surface area contributed by atoms with Gasteiger partial charge in [-0.25, -0.2) is 4.98 Å². The first-order valence-corrected chi connectivity index (χ1v) is 7.90. The van der Waals surface area contributed by atoms with Crippen LogP contribution in [-0.4, -0.2) is 40.6 Å². The molecule has 112 valence electrons. The first kappa shape index (κ1) is 14.5. The van der Waals surface area contributed by atoms with Crippen molar-refractivity contribution in [2.24, 2.45) is 0 Å². The predicted molar refractivity (Wildman–Crippen MR) is 85.6 cm³/mol. The Morgan fingerprint density at radius 1 is 1.38 bits per heavy atom. The van der Waals surface area contributed by atoms with Gasteiger partial charge in [0.2, 0.25) is 0 Å². The van der Waals surface area contributed by atoms with Crippen LogP contribution in [0.4, 0.5) is 5.82 Å². The van der Waals surface area contributed by atoms with Crippen molar-refractivity contribution in [3.8, 4) is 0 Å². The van der Waals surface area contributed by atoms with E-state index < -0.39 is 0 Å². The molecular weight excluding hydrogens is 332 g/mol. The molecular formula is C15H19BrN4O. The number of hydrogen-bond donors (Lipinski definition) is 0. The second-order valence-electron chi connectivity index (χ2n) is 5.38. The minimum absolute atomic E-state index is 0.141. The van der Waals surface area contributed by atoms with Crippen LogP contribution in [0.25, 0.3) is 0 Å². The molecule has 5 nitrogen and oxygen atoms in total. The average molecular weight is 351 g/mol. The lowest BCUT2D eigenvalue weighted by Gasteiger charge is -2.33. The minimum Gasteiger partial charge on any atom is -0.373 e. The van der Waals surface area contributed by atoms with E-state index in [1.165, 1.54) is 5.69 Å². The normalized spacial score (nSPS) is 19.0. The van der Waals surface area contributed by atoms with Crippen molar-refractivity contribution in [2.45, 2.75) is 26.5 Å². The van der Waals surface area contributed by atoms with Crippen molar-refractivity contribution in [3.63, 3.8) is 0 Å². The number of pyridine rings is 1. The topological polar surface area (TPSA) is 43.2 Å². The molecule has 0 amide bonds. The molecule has 3 rings (SSSR count). The summed E-state index contributed by atoms with van der Waals surface area (Å²) in [7, 11) is 0. The molecule has 0 aliphatic carbocycles. The van der Waals surface area contributed by atoms with Crippen molar-refractivity contribution in [2.75, 3.05) is 24.6 Å². The van der Waals surface area contributed by atoms with Gasteiger partial charge in [-0.3, -0.25) is 4.68 Å². The van der Waals surface area contributed by atoms with E-state index in [4.69, 9.17) is 4.74 Å². The largest absolute Gasteiger partial charge is 0.373 e. The van der Waals surface area contributed by atoms with Crippen LogP contribution in [-0.2, 0) is 11.3 Å². The van der Waals surface area contributed by atoms with Crippen LogP contribution in [0.2, 0.25) is 0 Å². The zero-order valence-corrected chi connectivity index (χ0v) is 13.9. The number of aromatic nitrogens is 3. The maximum Gasteiger partial charge on any atom is 0.128 e. The van der Waals surface area contributed by atoms with Gasteiger partial charge >= 0.3 is 0 Å². The van der Waals surface area contributed by atoms with E-state index in [0.29, 0.717) is 0 Å². The summed E-state index contributed by atoms with van der Waals surface area (Å²) in [6.45, 7) is 7.32. The third kappa shape index (κ3) is 3.44. The Balaban J connectivity index is 1.68. The molecule has 1 unspecified atom stereocenters. The maximum atomic E-state index is 5.88. The van der Waals surface area contributed by atoms with Crippen LogP contribution >= 0.6 is 15.9 Å². The SMILES string of the molecule is Cc1cc(C)n(CC2CN(c3ccc(Br)cn3)CCO2)n1. The number of rotatable bonds is 3. The highest BCUT2D eigenvalue weighted by atomic mass is 79.9. The van der Waals surface area contributed by atoms with Crippen LogP contribution in [0.15, 0.2) is 28.9 Å². The Morgan fingerprint density at radius 3 is 2.90 bits per heavy atom. The summed E-state index contributed by atoms with van der Waals surface area (Å²) in [6, 6.07) is 6.15. The van der Waals surface area contributed by atoms with Gasteiger partial charge in [-0.15, -0.1) is 0 Å². The number of morpholine rings is 1. The van der Waals surface area contributed by atoms with Crippen molar-refractivity contribution in [1.29, 1.82) is 0 Å². The zero-order valence-electron chi connectivity index (χ0n) is 12.3. The minimum atomic E-state index is 0.141. The summed E-state index contributed by atoms with van der Waals surface area (Å²) in [5, 5.41) is 4.51. The first-order valence-electron chi connectivity index (χ1n) is 7.11. The molecule has 6 heteroatoms. The molecule has 0 spiro atoms. The van der Waals surface area contributed by atoms with Crippen LogP contribution < -0.4 is 4.90 Å². The molecule has 0 bridgehead atoms. The Kier molecular flexibility index (Phi) is 4.26. The summed E-state index contributed by atoms with van der Waals surface area (Å²) in [5.41, 5.74) is 2.23. The summed E-state index contributed by atoms with van der Waals surface area (Å²) in [6.07, 6.45) is 1.98. The fraction of sp³-hybridized carbons (Fsp3) is 0.467. The van der Waals surface area contributed by atoms with E-state index >= 15 is 0 Å². The average Bonchev–Trinajstić information content (AvgIpc) is 2.78. The van der Waals surface area contributed by atoms with Crippen molar-refractivity contribution < 1.29 is 4.74 Å². The second-order valence-corrected chi connectivity index (χ2v) is 6.30. The number of ether oxygens (including phenoxy) is 1. The quantitative estimate of drug-likeness (QED) is 0.853. The number of aryl methyl sites for hydroxylation is 2. The highest BCUT2D eigenvalue weighted by Crippen LogP contribution is 2.18. The van der Waals surface area contributed by atoms with E-state index in [1.54, 1.807) is 0 Å². The maximum absolute atomic E-state index is 5.88. The van der Waals surface area contributed by atoms with E-state index in [0.717, 1.165) is 42.2 Å². The van der Waals surface area contributed by atoms with Gasteiger partial charge in [-0.2, -0.15) is 5.10 Å². The summed E-state index contributed by atoms with van der Waals surface area (Å²) in [5.74, 6) is 1.000. The molecule has 0 radical (unpaired) electrons. The Morgan fingerprint density at radius 2 is 2.24 bits per heavy atom. The molecule has 1 atom stereocenters. The number of nitrogens with zero attached hydrogens (tertiary/aromatic N) is 4. The molecule has 0 saturated carbocycles. The van der Waals surface area contributed by atoms with Gasteiger partial charge in [0, 0.05) is 29.5 Å². The van der Waals surface area contributed by atoms with Gasteiger partial charge in [0.15, 0.2) is 0 Å². The third-order valence-corrected chi connectivity index (χ3v) is 4.12. The summed E-state index contributed by atoms with van der Waals surface area (Å²) in [4.78, 5) is 6.74.